The first-order chi connectivity index (χ1) is 7.99. The van der Waals surface area contributed by atoms with Gasteiger partial charge >= 0.3 is 0 Å². The van der Waals surface area contributed by atoms with E-state index in [9.17, 15) is 0 Å². The van der Waals surface area contributed by atoms with Gasteiger partial charge in [0.1, 0.15) is 0 Å². The van der Waals surface area contributed by atoms with Crippen LogP contribution in [0, 0.1) is 12.8 Å². The van der Waals surface area contributed by atoms with Crippen molar-refractivity contribution in [3.05, 3.63) is 34.9 Å². The van der Waals surface area contributed by atoms with Crippen LogP contribution in [-0.2, 0) is 0 Å². The Bertz CT molecular complexity index is 392. The lowest BCUT2D eigenvalue weighted by Crippen LogP contribution is -2.41. The Morgan fingerprint density at radius 3 is 2.41 bits per heavy atom. The first-order valence-corrected chi connectivity index (χ1v) is 6.60. The molecule has 1 saturated carbocycles. The molecular formula is C15H24N2. The second-order valence-corrected chi connectivity index (χ2v) is 5.79. The van der Waals surface area contributed by atoms with E-state index in [1.165, 1.54) is 16.7 Å². The van der Waals surface area contributed by atoms with Crippen molar-refractivity contribution in [3.8, 4) is 0 Å². The Hall–Kier alpha value is -0.860. The first-order valence-electron chi connectivity index (χ1n) is 6.60. The molecule has 2 nitrogen and oxygen atoms in total. The van der Waals surface area contributed by atoms with Crippen LogP contribution in [0.1, 0.15) is 55.3 Å². The fourth-order valence-corrected chi connectivity index (χ4v) is 2.63. The number of hydrogen-bond acceptors (Lipinski definition) is 2. The zero-order valence-corrected chi connectivity index (χ0v) is 11.1. The normalized spacial score (nSPS) is 25.8. The van der Waals surface area contributed by atoms with Gasteiger partial charge < -0.3 is 11.5 Å². The van der Waals surface area contributed by atoms with Crippen molar-refractivity contribution in [3.63, 3.8) is 0 Å². The minimum Gasteiger partial charge on any atom is -0.328 e. The van der Waals surface area contributed by atoms with Crippen LogP contribution in [0.25, 0.3) is 0 Å². The number of rotatable bonds is 3. The van der Waals surface area contributed by atoms with Crippen molar-refractivity contribution in [1.29, 1.82) is 0 Å². The van der Waals surface area contributed by atoms with Crippen LogP contribution in [0.2, 0.25) is 0 Å². The fraction of sp³-hybridized carbons (Fsp3) is 0.600. The molecule has 0 aliphatic heterocycles. The van der Waals surface area contributed by atoms with Crippen LogP contribution in [-0.4, -0.2) is 6.04 Å². The SMILES string of the molecule is Cc1ccc(C(C)C)cc1C(N)C1CC(N)C1. The molecule has 0 aromatic heterocycles. The van der Waals surface area contributed by atoms with Gasteiger partial charge in [-0.2, -0.15) is 0 Å². The maximum absolute atomic E-state index is 6.38. The summed E-state index contributed by atoms with van der Waals surface area (Å²) in [6.45, 7) is 6.59. The molecule has 1 aliphatic carbocycles. The number of benzene rings is 1. The molecule has 0 radical (unpaired) electrons. The monoisotopic (exact) mass is 232 g/mol. The maximum atomic E-state index is 6.38. The highest BCUT2D eigenvalue weighted by molar-refractivity contribution is 5.35. The van der Waals surface area contributed by atoms with Crippen molar-refractivity contribution >= 4 is 0 Å². The molecule has 0 bridgehead atoms. The maximum Gasteiger partial charge on any atom is 0.0327 e. The predicted molar refractivity (Wildman–Crippen MR) is 72.9 cm³/mol. The van der Waals surface area contributed by atoms with Crippen molar-refractivity contribution in [1.82, 2.24) is 0 Å². The Balaban J connectivity index is 2.21. The summed E-state index contributed by atoms with van der Waals surface area (Å²) in [6, 6.07) is 7.23. The van der Waals surface area contributed by atoms with Gasteiger partial charge in [0, 0.05) is 12.1 Å². The Morgan fingerprint density at radius 2 is 1.88 bits per heavy atom. The lowest BCUT2D eigenvalue weighted by molar-refractivity contribution is 0.223. The van der Waals surface area contributed by atoms with E-state index in [0.29, 0.717) is 17.9 Å². The summed E-state index contributed by atoms with van der Waals surface area (Å²) in [5.74, 6) is 1.14. The van der Waals surface area contributed by atoms with Crippen LogP contribution >= 0.6 is 0 Å². The average Bonchev–Trinajstić information content (AvgIpc) is 2.24. The van der Waals surface area contributed by atoms with E-state index >= 15 is 0 Å². The third-order valence-electron chi connectivity index (χ3n) is 4.05. The molecule has 2 rings (SSSR count). The standard InChI is InChI=1S/C15H24N2/c1-9(2)11-5-4-10(3)14(8-11)15(17)12-6-13(16)7-12/h4-5,8-9,12-13,15H,6-7,16-17H2,1-3H3. The van der Waals surface area contributed by atoms with Crippen molar-refractivity contribution in [2.75, 3.05) is 0 Å². The lowest BCUT2D eigenvalue weighted by atomic mass is 9.73. The van der Waals surface area contributed by atoms with Gasteiger partial charge in [-0.05, 0) is 48.3 Å². The molecule has 0 amide bonds. The van der Waals surface area contributed by atoms with Crippen LogP contribution in [0.4, 0.5) is 0 Å². The summed E-state index contributed by atoms with van der Waals surface area (Å²) in [6.07, 6.45) is 2.15. The van der Waals surface area contributed by atoms with Crippen LogP contribution < -0.4 is 11.5 Å². The topological polar surface area (TPSA) is 52.0 Å². The first kappa shape index (κ1) is 12.6. The van der Waals surface area contributed by atoms with Crippen molar-refractivity contribution in [2.24, 2.45) is 17.4 Å². The third kappa shape index (κ3) is 2.53. The summed E-state index contributed by atoms with van der Waals surface area (Å²) in [5.41, 5.74) is 16.2. The average molecular weight is 232 g/mol. The van der Waals surface area contributed by atoms with Crippen molar-refractivity contribution in [2.45, 2.75) is 51.6 Å². The number of hydrogen-bond donors (Lipinski definition) is 2. The third-order valence-corrected chi connectivity index (χ3v) is 4.05. The molecule has 94 valence electrons. The fourth-order valence-electron chi connectivity index (χ4n) is 2.63. The predicted octanol–water partition coefficient (Wildman–Crippen LogP) is 2.86. The molecule has 17 heavy (non-hydrogen) atoms. The summed E-state index contributed by atoms with van der Waals surface area (Å²) in [4.78, 5) is 0. The molecule has 1 atom stereocenters. The molecule has 1 aromatic carbocycles. The second kappa shape index (κ2) is 4.79. The van der Waals surface area contributed by atoms with Gasteiger partial charge in [-0.1, -0.05) is 32.0 Å². The summed E-state index contributed by atoms with van der Waals surface area (Å²) in [5, 5.41) is 0. The van der Waals surface area contributed by atoms with Gasteiger partial charge in [0.05, 0.1) is 0 Å². The van der Waals surface area contributed by atoms with Gasteiger partial charge in [-0.25, -0.2) is 0 Å². The van der Waals surface area contributed by atoms with E-state index < -0.39 is 0 Å². The van der Waals surface area contributed by atoms with Gasteiger partial charge in [-0.15, -0.1) is 0 Å². The van der Waals surface area contributed by atoms with E-state index in [2.05, 4.69) is 39.0 Å². The number of aryl methyl sites for hydroxylation is 1. The molecule has 1 aromatic rings. The molecule has 0 spiro atoms. The second-order valence-electron chi connectivity index (χ2n) is 5.79. The van der Waals surface area contributed by atoms with Gasteiger partial charge in [0.25, 0.3) is 0 Å². The highest BCUT2D eigenvalue weighted by Crippen LogP contribution is 2.37. The molecular weight excluding hydrogens is 208 g/mol. The Morgan fingerprint density at radius 1 is 1.24 bits per heavy atom. The van der Waals surface area contributed by atoms with Crippen LogP contribution in [0.3, 0.4) is 0 Å². The van der Waals surface area contributed by atoms with Crippen LogP contribution in [0.15, 0.2) is 18.2 Å². The quantitative estimate of drug-likeness (QED) is 0.842. The largest absolute Gasteiger partial charge is 0.328 e. The van der Waals surface area contributed by atoms with E-state index in [0.717, 1.165) is 12.8 Å². The zero-order chi connectivity index (χ0) is 12.6. The molecule has 1 aliphatic rings. The minimum absolute atomic E-state index is 0.161. The van der Waals surface area contributed by atoms with Crippen molar-refractivity contribution < 1.29 is 0 Å². The molecule has 1 fully saturated rings. The minimum atomic E-state index is 0.161. The Labute approximate surface area is 104 Å². The summed E-state index contributed by atoms with van der Waals surface area (Å²) >= 11 is 0. The van der Waals surface area contributed by atoms with E-state index in [-0.39, 0.29) is 6.04 Å². The smallest absolute Gasteiger partial charge is 0.0327 e. The highest BCUT2D eigenvalue weighted by Gasteiger charge is 2.32. The van der Waals surface area contributed by atoms with E-state index in [4.69, 9.17) is 11.5 Å². The van der Waals surface area contributed by atoms with Gasteiger partial charge in [0.15, 0.2) is 0 Å². The van der Waals surface area contributed by atoms with Gasteiger partial charge in [-0.3, -0.25) is 0 Å². The van der Waals surface area contributed by atoms with Gasteiger partial charge in [0.2, 0.25) is 0 Å². The van der Waals surface area contributed by atoms with Crippen LogP contribution in [0.5, 0.6) is 0 Å². The highest BCUT2D eigenvalue weighted by atomic mass is 14.7. The number of nitrogens with two attached hydrogens (primary N) is 2. The zero-order valence-electron chi connectivity index (χ0n) is 11.1. The molecule has 4 N–H and O–H groups in total. The summed E-state index contributed by atoms with van der Waals surface area (Å²) in [7, 11) is 0. The molecule has 0 heterocycles. The Kier molecular flexibility index (Phi) is 3.55. The molecule has 1 unspecified atom stereocenters. The van der Waals surface area contributed by atoms with E-state index in [1.807, 2.05) is 0 Å². The molecule has 2 heteroatoms. The summed E-state index contributed by atoms with van der Waals surface area (Å²) < 4.78 is 0. The van der Waals surface area contributed by atoms with E-state index in [1.54, 1.807) is 0 Å². The lowest BCUT2D eigenvalue weighted by Gasteiger charge is -2.37. The molecule has 0 saturated heterocycles.